The number of nitrogens with zero attached hydrogens (tertiary/aromatic N) is 3. The Balaban J connectivity index is 1.57. The molecule has 0 saturated carbocycles. The standard InChI is InChI=1S/C26H23BrN4O3S/c1-3-34-25(33)18-8-11-20(12-9-18)28-26(35)30-29-23-21-14-19(27)10-13-22(21)31(24(23)32)15-17-6-4-16(2)5-7-17/h4-14,32H,3,15H2,1-2H3,(H,28,35). The average Bonchev–Trinajstić information content (AvgIpc) is 3.09. The van der Waals surface area contributed by atoms with E-state index in [2.05, 4.69) is 31.5 Å². The summed E-state index contributed by atoms with van der Waals surface area (Å²) in [5.41, 5.74) is 4.48. The summed E-state index contributed by atoms with van der Waals surface area (Å²) in [5, 5.41) is 23.2. The molecule has 3 aromatic carbocycles. The van der Waals surface area contributed by atoms with Crippen LogP contribution in [0.5, 0.6) is 5.88 Å². The Morgan fingerprint density at radius 2 is 1.83 bits per heavy atom. The van der Waals surface area contributed by atoms with Gasteiger partial charge < -0.3 is 19.7 Å². The lowest BCUT2D eigenvalue weighted by Crippen LogP contribution is -2.07. The second-order valence-corrected chi connectivity index (χ2v) is 9.14. The van der Waals surface area contributed by atoms with Gasteiger partial charge in [0, 0.05) is 15.5 Å². The van der Waals surface area contributed by atoms with Crippen LogP contribution in [0.25, 0.3) is 10.9 Å². The number of benzene rings is 3. The largest absolute Gasteiger partial charge is 0.493 e. The van der Waals surface area contributed by atoms with Gasteiger partial charge in [0.15, 0.2) is 5.69 Å². The smallest absolute Gasteiger partial charge is 0.338 e. The highest BCUT2D eigenvalue weighted by molar-refractivity contribution is 9.10. The molecule has 0 unspecified atom stereocenters. The van der Waals surface area contributed by atoms with Gasteiger partial charge >= 0.3 is 5.97 Å². The number of hydrogen-bond acceptors (Lipinski definition) is 5. The molecule has 1 heterocycles. The van der Waals surface area contributed by atoms with Crippen LogP contribution in [0.3, 0.4) is 0 Å². The fourth-order valence-electron chi connectivity index (χ4n) is 3.58. The number of halogens is 1. The van der Waals surface area contributed by atoms with Crippen LogP contribution in [0.1, 0.15) is 28.4 Å². The summed E-state index contributed by atoms with van der Waals surface area (Å²) >= 11 is 8.81. The monoisotopic (exact) mass is 550 g/mol. The maximum atomic E-state index is 11.8. The van der Waals surface area contributed by atoms with Gasteiger partial charge in [-0.2, -0.15) is 0 Å². The molecular weight excluding hydrogens is 528 g/mol. The number of thiocarbonyl (C=S) groups is 1. The molecule has 2 N–H and O–H groups in total. The number of azo groups is 1. The molecular formula is C26H23BrN4O3S. The van der Waals surface area contributed by atoms with Crippen LogP contribution in [-0.4, -0.2) is 27.4 Å². The Bertz CT molecular complexity index is 1410. The summed E-state index contributed by atoms with van der Waals surface area (Å²) in [6, 6.07) is 20.6. The third-order valence-corrected chi connectivity index (χ3v) is 6.00. The molecule has 0 fully saturated rings. The molecule has 178 valence electrons. The van der Waals surface area contributed by atoms with Gasteiger partial charge in [0.2, 0.25) is 11.0 Å². The minimum atomic E-state index is -0.384. The third-order valence-electron chi connectivity index (χ3n) is 5.32. The van der Waals surface area contributed by atoms with Crippen molar-refractivity contribution in [1.82, 2.24) is 4.57 Å². The minimum Gasteiger partial charge on any atom is -0.493 e. The Morgan fingerprint density at radius 1 is 1.11 bits per heavy atom. The van der Waals surface area contributed by atoms with Gasteiger partial charge in [0.05, 0.1) is 24.2 Å². The molecule has 35 heavy (non-hydrogen) atoms. The van der Waals surface area contributed by atoms with E-state index >= 15 is 0 Å². The van der Waals surface area contributed by atoms with Gasteiger partial charge in [0.25, 0.3) is 0 Å². The van der Waals surface area contributed by atoms with Crippen LogP contribution >= 0.6 is 28.1 Å². The molecule has 0 atom stereocenters. The SMILES string of the molecule is CCOC(=O)c1ccc(NC(=S)N=Nc2c(O)n(Cc3ccc(C)cc3)c3ccc(Br)cc23)cc1. The molecule has 0 radical (unpaired) electrons. The first-order valence-corrected chi connectivity index (χ1v) is 12.1. The number of aromatic hydroxyl groups is 1. The summed E-state index contributed by atoms with van der Waals surface area (Å²) < 4.78 is 7.64. The van der Waals surface area contributed by atoms with Crippen molar-refractivity contribution in [3.8, 4) is 5.88 Å². The molecule has 0 aliphatic carbocycles. The van der Waals surface area contributed by atoms with Crippen molar-refractivity contribution in [2.24, 2.45) is 10.2 Å². The van der Waals surface area contributed by atoms with Crippen LogP contribution in [0.2, 0.25) is 0 Å². The fraction of sp³-hybridized carbons (Fsp3) is 0.154. The van der Waals surface area contributed by atoms with Crippen molar-refractivity contribution in [2.75, 3.05) is 11.9 Å². The van der Waals surface area contributed by atoms with Crippen LogP contribution in [0, 0.1) is 6.92 Å². The van der Waals surface area contributed by atoms with Crippen molar-refractivity contribution in [3.05, 3.63) is 87.9 Å². The summed E-state index contributed by atoms with van der Waals surface area (Å²) in [7, 11) is 0. The van der Waals surface area contributed by atoms with Crippen LogP contribution < -0.4 is 5.32 Å². The van der Waals surface area contributed by atoms with Gasteiger partial charge in [-0.25, -0.2) is 4.79 Å². The Morgan fingerprint density at radius 3 is 2.51 bits per heavy atom. The second-order valence-electron chi connectivity index (χ2n) is 7.83. The maximum absolute atomic E-state index is 11.8. The topological polar surface area (TPSA) is 88.2 Å². The van der Waals surface area contributed by atoms with Crippen molar-refractivity contribution in [1.29, 1.82) is 0 Å². The van der Waals surface area contributed by atoms with E-state index in [0.717, 1.165) is 20.9 Å². The van der Waals surface area contributed by atoms with Gasteiger partial charge in [0.1, 0.15) is 0 Å². The molecule has 0 aliphatic rings. The fourth-order valence-corrected chi connectivity index (χ4v) is 4.10. The number of aryl methyl sites for hydroxylation is 1. The molecule has 7 nitrogen and oxygen atoms in total. The number of fused-ring (bicyclic) bond motifs is 1. The Kier molecular flexibility index (Phi) is 7.57. The highest BCUT2D eigenvalue weighted by Gasteiger charge is 2.17. The third kappa shape index (κ3) is 5.75. The summed E-state index contributed by atoms with van der Waals surface area (Å²) in [6.07, 6.45) is 0. The Hall–Kier alpha value is -3.56. The zero-order valence-electron chi connectivity index (χ0n) is 19.2. The minimum absolute atomic E-state index is 0.00372. The molecule has 0 bridgehead atoms. The molecule has 0 saturated heterocycles. The number of aromatic nitrogens is 1. The number of ether oxygens (including phenoxy) is 1. The number of rotatable bonds is 6. The van der Waals surface area contributed by atoms with Gasteiger partial charge in [-0.15, -0.1) is 10.2 Å². The van der Waals surface area contributed by atoms with Crippen molar-refractivity contribution in [2.45, 2.75) is 20.4 Å². The van der Waals surface area contributed by atoms with Crippen molar-refractivity contribution >= 4 is 61.5 Å². The van der Waals surface area contributed by atoms with Crippen molar-refractivity contribution < 1.29 is 14.6 Å². The van der Waals surface area contributed by atoms with E-state index in [9.17, 15) is 9.90 Å². The van der Waals surface area contributed by atoms with Crippen LogP contribution in [0.4, 0.5) is 11.4 Å². The zero-order valence-corrected chi connectivity index (χ0v) is 21.6. The number of esters is 1. The molecule has 4 rings (SSSR count). The van der Waals surface area contributed by atoms with E-state index in [1.165, 1.54) is 5.56 Å². The average molecular weight is 551 g/mol. The lowest BCUT2D eigenvalue weighted by molar-refractivity contribution is 0.0526. The van der Waals surface area contributed by atoms with Gasteiger partial charge in [-0.3, -0.25) is 0 Å². The number of carbonyl (C=O) groups is 1. The second kappa shape index (κ2) is 10.8. The van der Waals surface area contributed by atoms with Crippen LogP contribution in [0.15, 0.2) is 81.4 Å². The zero-order chi connectivity index (χ0) is 24.9. The first kappa shape index (κ1) is 24.6. The lowest BCUT2D eigenvalue weighted by atomic mass is 10.1. The maximum Gasteiger partial charge on any atom is 0.338 e. The first-order valence-electron chi connectivity index (χ1n) is 10.9. The van der Waals surface area contributed by atoms with E-state index in [1.54, 1.807) is 35.8 Å². The van der Waals surface area contributed by atoms with Crippen LogP contribution in [-0.2, 0) is 11.3 Å². The molecule has 0 aliphatic heterocycles. The molecule has 0 amide bonds. The quantitative estimate of drug-likeness (QED) is 0.151. The van der Waals surface area contributed by atoms with E-state index < -0.39 is 0 Å². The number of carbonyl (C=O) groups excluding carboxylic acids is 1. The van der Waals surface area contributed by atoms with Crippen molar-refractivity contribution in [3.63, 3.8) is 0 Å². The highest BCUT2D eigenvalue weighted by atomic mass is 79.9. The predicted octanol–water partition coefficient (Wildman–Crippen LogP) is 7.12. The normalized spacial score (nSPS) is 11.2. The summed E-state index contributed by atoms with van der Waals surface area (Å²) in [5.74, 6) is -0.381. The first-order chi connectivity index (χ1) is 16.9. The van der Waals surface area contributed by atoms with E-state index in [1.807, 2.05) is 49.4 Å². The number of hydrogen-bond donors (Lipinski definition) is 2. The molecule has 9 heteroatoms. The van der Waals surface area contributed by atoms with Gasteiger partial charge in [-0.05, 0) is 74.1 Å². The molecule has 4 aromatic rings. The van der Waals surface area contributed by atoms with E-state index in [0.29, 0.717) is 30.1 Å². The summed E-state index contributed by atoms with van der Waals surface area (Å²) in [4.78, 5) is 11.8. The highest BCUT2D eigenvalue weighted by Crippen LogP contribution is 2.40. The molecule has 1 aromatic heterocycles. The Labute approximate surface area is 216 Å². The predicted molar refractivity (Wildman–Crippen MR) is 145 cm³/mol. The molecule has 0 spiro atoms. The van der Waals surface area contributed by atoms with E-state index in [-0.39, 0.29) is 17.0 Å². The van der Waals surface area contributed by atoms with E-state index in [4.69, 9.17) is 17.0 Å². The van der Waals surface area contributed by atoms with Gasteiger partial charge in [-0.1, -0.05) is 45.8 Å². The number of anilines is 1. The lowest BCUT2D eigenvalue weighted by Gasteiger charge is -2.07. The number of nitrogens with one attached hydrogen (secondary N) is 1. The summed E-state index contributed by atoms with van der Waals surface area (Å²) in [6.45, 7) is 4.59.